The van der Waals surface area contributed by atoms with E-state index in [0.717, 1.165) is 43.5 Å². The molecule has 2 nitrogen and oxygen atoms in total. The molecule has 1 fully saturated rings. The second-order valence-electron chi connectivity index (χ2n) is 5.20. The molecule has 0 saturated carbocycles. The van der Waals surface area contributed by atoms with Crippen molar-refractivity contribution in [2.75, 3.05) is 13.6 Å². The first kappa shape index (κ1) is 14.3. The lowest BCUT2D eigenvalue weighted by Gasteiger charge is -2.30. The van der Waals surface area contributed by atoms with Crippen molar-refractivity contribution in [1.82, 2.24) is 4.90 Å². The van der Waals surface area contributed by atoms with Crippen molar-refractivity contribution in [2.24, 2.45) is 5.73 Å². The maximum atomic E-state index is 12.5. The van der Waals surface area contributed by atoms with Gasteiger partial charge in [0, 0.05) is 12.1 Å². The summed E-state index contributed by atoms with van der Waals surface area (Å²) < 4.78 is 37.6. The highest BCUT2D eigenvalue weighted by molar-refractivity contribution is 5.28. The number of benzene rings is 1. The van der Waals surface area contributed by atoms with Crippen LogP contribution in [-0.2, 0) is 6.18 Å². The number of nitrogens with zero attached hydrogens (tertiary/aromatic N) is 1. The monoisotopic (exact) mass is 272 g/mol. The Morgan fingerprint density at radius 1 is 1.16 bits per heavy atom. The predicted molar refractivity (Wildman–Crippen MR) is 68.6 cm³/mol. The number of hydrogen-bond acceptors (Lipinski definition) is 2. The van der Waals surface area contributed by atoms with Gasteiger partial charge in [-0.05, 0) is 44.1 Å². The van der Waals surface area contributed by atoms with Gasteiger partial charge in [0.15, 0.2) is 0 Å². The van der Waals surface area contributed by atoms with E-state index in [4.69, 9.17) is 5.73 Å². The van der Waals surface area contributed by atoms with Crippen LogP contribution < -0.4 is 5.73 Å². The molecule has 1 aromatic rings. The van der Waals surface area contributed by atoms with Crippen LogP contribution in [0.1, 0.15) is 36.4 Å². The van der Waals surface area contributed by atoms with Crippen molar-refractivity contribution < 1.29 is 13.2 Å². The van der Waals surface area contributed by atoms with Crippen molar-refractivity contribution >= 4 is 0 Å². The van der Waals surface area contributed by atoms with E-state index in [-0.39, 0.29) is 12.1 Å². The number of hydrogen-bond donors (Lipinski definition) is 1. The molecule has 19 heavy (non-hydrogen) atoms. The standard InChI is InChI=1S/C14H19F3N2/c1-19-9-3-2-4-12(18)13(19)10-5-7-11(8-6-10)14(15,16)17/h5-8,12-13H,2-4,9,18H2,1H3. The molecule has 2 atom stereocenters. The van der Waals surface area contributed by atoms with Crippen LogP contribution in [0.15, 0.2) is 24.3 Å². The molecule has 0 spiro atoms. The van der Waals surface area contributed by atoms with E-state index in [2.05, 4.69) is 4.90 Å². The van der Waals surface area contributed by atoms with Gasteiger partial charge in [-0.3, -0.25) is 4.90 Å². The average Bonchev–Trinajstić information content (AvgIpc) is 2.50. The van der Waals surface area contributed by atoms with Crippen LogP contribution in [0.25, 0.3) is 0 Å². The lowest BCUT2D eigenvalue weighted by molar-refractivity contribution is -0.137. The minimum atomic E-state index is -4.28. The summed E-state index contributed by atoms with van der Waals surface area (Å²) in [5.74, 6) is 0. The SMILES string of the molecule is CN1CCCCC(N)C1c1ccc(C(F)(F)F)cc1. The van der Waals surface area contributed by atoms with Gasteiger partial charge in [0.2, 0.25) is 0 Å². The minimum absolute atomic E-state index is 0.00443. The third-order valence-corrected chi connectivity index (χ3v) is 3.76. The van der Waals surface area contributed by atoms with Gasteiger partial charge in [0.05, 0.1) is 5.56 Å². The van der Waals surface area contributed by atoms with Crippen LogP contribution in [0, 0.1) is 0 Å². The van der Waals surface area contributed by atoms with Crippen molar-refractivity contribution in [1.29, 1.82) is 0 Å². The summed E-state index contributed by atoms with van der Waals surface area (Å²) in [5, 5.41) is 0. The normalized spacial score (nSPS) is 26.2. The molecule has 1 aliphatic heterocycles. The Labute approximate surface area is 111 Å². The number of rotatable bonds is 1. The molecule has 1 saturated heterocycles. The van der Waals surface area contributed by atoms with Gasteiger partial charge in [0.25, 0.3) is 0 Å². The largest absolute Gasteiger partial charge is 0.416 e. The number of alkyl halides is 3. The van der Waals surface area contributed by atoms with Gasteiger partial charge in [-0.1, -0.05) is 18.6 Å². The van der Waals surface area contributed by atoms with Gasteiger partial charge < -0.3 is 5.73 Å². The Morgan fingerprint density at radius 2 is 1.79 bits per heavy atom. The molecule has 5 heteroatoms. The van der Waals surface area contributed by atoms with Crippen LogP contribution in [0.3, 0.4) is 0 Å². The van der Waals surface area contributed by atoms with E-state index in [1.807, 2.05) is 7.05 Å². The Balaban J connectivity index is 2.24. The average molecular weight is 272 g/mol. The van der Waals surface area contributed by atoms with E-state index in [1.165, 1.54) is 0 Å². The maximum Gasteiger partial charge on any atom is 0.416 e. The fraction of sp³-hybridized carbons (Fsp3) is 0.571. The summed E-state index contributed by atoms with van der Waals surface area (Å²) in [5.41, 5.74) is 6.42. The van der Waals surface area contributed by atoms with E-state index < -0.39 is 11.7 Å². The van der Waals surface area contributed by atoms with Crippen LogP contribution in [-0.4, -0.2) is 24.5 Å². The topological polar surface area (TPSA) is 29.3 Å². The summed E-state index contributed by atoms with van der Waals surface area (Å²) in [6.45, 7) is 0.930. The van der Waals surface area contributed by atoms with E-state index >= 15 is 0 Å². The molecule has 1 heterocycles. The second kappa shape index (κ2) is 5.51. The molecule has 0 radical (unpaired) electrons. The fourth-order valence-corrected chi connectivity index (χ4v) is 2.74. The van der Waals surface area contributed by atoms with Crippen molar-refractivity contribution in [3.05, 3.63) is 35.4 Å². The zero-order valence-corrected chi connectivity index (χ0v) is 11.0. The Hall–Kier alpha value is -1.07. The molecule has 2 rings (SSSR count). The van der Waals surface area contributed by atoms with Gasteiger partial charge in [-0.2, -0.15) is 13.2 Å². The van der Waals surface area contributed by atoms with Gasteiger partial charge in [0.1, 0.15) is 0 Å². The molecular formula is C14H19F3N2. The zero-order valence-electron chi connectivity index (χ0n) is 11.0. The highest BCUT2D eigenvalue weighted by Crippen LogP contribution is 2.32. The quantitative estimate of drug-likeness (QED) is 0.850. The molecule has 1 aromatic carbocycles. The molecule has 106 valence electrons. The van der Waals surface area contributed by atoms with E-state index in [9.17, 15) is 13.2 Å². The summed E-state index contributed by atoms with van der Waals surface area (Å²) in [6, 6.07) is 5.36. The van der Waals surface area contributed by atoms with Crippen LogP contribution in [0.2, 0.25) is 0 Å². The summed E-state index contributed by atoms with van der Waals surface area (Å²) in [6.07, 6.45) is -1.21. The molecule has 2 N–H and O–H groups in total. The molecule has 1 aliphatic rings. The van der Waals surface area contributed by atoms with Gasteiger partial charge in [-0.25, -0.2) is 0 Å². The third kappa shape index (κ3) is 3.28. The Kier molecular flexibility index (Phi) is 4.16. The minimum Gasteiger partial charge on any atom is -0.326 e. The summed E-state index contributed by atoms with van der Waals surface area (Å²) in [7, 11) is 1.98. The molecule has 0 aliphatic carbocycles. The number of halogens is 3. The lowest BCUT2D eigenvalue weighted by Crippen LogP contribution is -2.37. The van der Waals surface area contributed by atoms with Crippen molar-refractivity contribution in [3.8, 4) is 0 Å². The molecular weight excluding hydrogens is 253 g/mol. The van der Waals surface area contributed by atoms with Crippen molar-refractivity contribution in [2.45, 2.75) is 37.5 Å². The van der Waals surface area contributed by atoms with Crippen molar-refractivity contribution in [3.63, 3.8) is 0 Å². The number of nitrogens with two attached hydrogens (primary N) is 1. The first-order valence-corrected chi connectivity index (χ1v) is 6.52. The highest BCUT2D eigenvalue weighted by Gasteiger charge is 2.31. The lowest BCUT2D eigenvalue weighted by atomic mass is 9.96. The van der Waals surface area contributed by atoms with Gasteiger partial charge >= 0.3 is 6.18 Å². The molecule has 0 amide bonds. The Bertz CT molecular complexity index is 402. The molecule has 0 bridgehead atoms. The summed E-state index contributed by atoms with van der Waals surface area (Å²) >= 11 is 0. The number of likely N-dealkylation sites (N-methyl/N-ethyl adjacent to an activating group) is 1. The first-order valence-electron chi connectivity index (χ1n) is 6.52. The molecule has 2 unspecified atom stereocenters. The first-order chi connectivity index (χ1) is 8.89. The number of likely N-dealkylation sites (tertiary alicyclic amines) is 1. The third-order valence-electron chi connectivity index (χ3n) is 3.76. The zero-order chi connectivity index (χ0) is 14.0. The van der Waals surface area contributed by atoms with Gasteiger partial charge in [-0.15, -0.1) is 0 Å². The van der Waals surface area contributed by atoms with E-state index in [1.54, 1.807) is 12.1 Å². The fourth-order valence-electron chi connectivity index (χ4n) is 2.74. The van der Waals surface area contributed by atoms with Crippen LogP contribution >= 0.6 is 0 Å². The Morgan fingerprint density at radius 3 is 2.37 bits per heavy atom. The van der Waals surface area contributed by atoms with Crippen LogP contribution in [0.4, 0.5) is 13.2 Å². The van der Waals surface area contributed by atoms with E-state index in [0.29, 0.717) is 0 Å². The highest BCUT2D eigenvalue weighted by atomic mass is 19.4. The smallest absolute Gasteiger partial charge is 0.326 e. The molecule has 0 aromatic heterocycles. The predicted octanol–water partition coefficient (Wildman–Crippen LogP) is 3.19. The maximum absolute atomic E-state index is 12.5. The van der Waals surface area contributed by atoms with Crippen LogP contribution in [0.5, 0.6) is 0 Å². The summed E-state index contributed by atoms with van der Waals surface area (Å²) in [4.78, 5) is 2.14. The second-order valence-corrected chi connectivity index (χ2v) is 5.20.